The predicted octanol–water partition coefficient (Wildman–Crippen LogP) is 12.2. The molecule has 6 heteroatoms. The van der Waals surface area contributed by atoms with Gasteiger partial charge in [-0.15, -0.1) is 0 Å². The second-order valence-electron chi connectivity index (χ2n) is 13.9. The Morgan fingerprint density at radius 3 is 1.36 bits per heavy atom. The molecule has 0 spiro atoms. The van der Waals surface area contributed by atoms with E-state index in [1.54, 1.807) is 0 Å². The molecule has 0 aromatic carbocycles. The average molecular weight is 664 g/mol. The smallest absolute Gasteiger partial charge is 0.307 e. The maximum absolute atomic E-state index is 12.8. The van der Waals surface area contributed by atoms with Crippen molar-refractivity contribution in [1.82, 2.24) is 5.32 Å². The fourth-order valence-electron chi connectivity index (χ4n) is 6.18. The molecule has 0 aliphatic rings. The number of esters is 1. The van der Waals surface area contributed by atoms with Crippen LogP contribution in [-0.2, 0) is 19.1 Å². The number of amides is 1. The molecule has 1 amide bonds. The largest absolute Gasteiger partial charge is 0.481 e. The first-order chi connectivity index (χ1) is 22.9. The summed E-state index contributed by atoms with van der Waals surface area (Å²) in [6, 6.07) is -0.318. The molecule has 0 radical (unpaired) electrons. The molecular formula is C41H77NO5. The van der Waals surface area contributed by atoms with Crippen LogP contribution in [0.15, 0.2) is 12.2 Å². The summed E-state index contributed by atoms with van der Waals surface area (Å²) in [7, 11) is 0. The first-order valence-electron chi connectivity index (χ1n) is 20.3. The van der Waals surface area contributed by atoms with Gasteiger partial charge in [0, 0.05) is 6.42 Å². The third-order valence-corrected chi connectivity index (χ3v) is 9.30. The molecule has 276 valence electrons. The summed E-state index contributed by atoms with van der Waals surface area (Å²) in [5.74, 6) is -1.56. The Kier molecular flexibility index (Phi) is 34.1. The number of ether oxygens (including phenoxy) is 1. The summed E-state index contributed by atoms with van der Waals surface area (Å²) in [5.41, 5.74) is 0. The topological polar surface area (TPSA) is 92.7 Å². The van der Waals surface area contributed by atoms with Crippen molar-refractivity contribution in [1.29, 1.82) is 0 Å². The highest BCUT2D eigenvalue weighted by atomic mass is 16.5. The van der Waals surface area contributed by atoms with Crippen molar-refractivity contribution < 1.29 is 24.2 Å². The molecule has 6 nitrogen and oxygen atoms in total. The van der Waals surface area contributed by atoms with Gasteiger partial charge in [-0.1, -0.05) is 181 Å². The molecular weight excluding hydrogens is 586 g/mol. The Morgan fingerprint density at radius 2 is 0.957 bits per heavy atom. The van der Waals surface area contributed by atoms with Crippen molar-refractivity contribution in [3.05, 3.63) is 12.2 Å². The molecule has 2 N–H and O–H groups in total. The molecule has 0 heterocycles. The number of hydrogen-bond acceptors (Lipinski definition) is 4. The quantitative estimate of drug-likeness (QED) is 0.0395. The maximum Gasteiger partial charge on any atom is 0.307 e. The molecule has 2 atom stereocenters. The van der Waals surface area contributed by atoms with E-state index in [2.05, 4.69) is 25.2 Å². The fourth-order valence-corrected chi connectivity index (χ4v) is 6.18. The van der Waals surface area contributed by atoms with Crippen molar-refractivity contribution in [2.24, 2.45) is 0 Å². The van der Waals surface area contributed by atoms with Gasteiger partial charge in [0.1, 0.15) is 6.10 Å². The van der Waals surface area contributed by atoms with Crippen LogP contribution in [0.4, 0.5) is 0 Å². The number of carbonyl (C=O) groups excluding carboxylic acids is 2. The zero-order valence-corrected chi connectivity index (χ0v) is 31.3. The summed E-state index contributed by atoms with van der Waals surface area (Å²) in [6.45, 7) is 6.51. The summed E-state index contributed by atoms with van der Waals surface area (Å²) < 4.78 is 5.69. The van der Waals surface area contributed by atoms with Crippen molar-refractivity contribution in [3.8, 4) is 0 Å². The van der Waals surface area contributed by atoms with Gasteiger partial charge < -0.3 is 15.2 Å². The van der Waals surface area contributed by atoms with E-state index < -0.39 is 18.0 Å². The minimum atomic E-state index is -1.02. The van der Waals surface area contributed by atoms with E-state index in [0.717, 1.165) is 25.7 Å². The van der Waals surface area contributed by atoms with E-state index >= 15 is 0 Å². The van der Waals surface area contributed by atoms with Crippen molar-refractivity contribution in [2.45, 2.75) is 232 Å². The predicted molar refractivity (Wildman–Crippen MR) is 199 cm³/mol. The number of carbonyl (C=O) groups is 3. The van der Waals surface area contributed by atoms with Gasteiger partial charge in [0.25, 0.3) is 0 Å². The highest BCUT2D eigenvalue weighted by molar-refractivity contribution is 5.77. The number of unbranched alkanes of at least 4 members (excludes halogenated alkanes) is 25. The number of allylic oxidation sites excluding steroid dienone is 1. The molecule has 0 aromatic rings. The van der Waals surface area contributed by atoms with E-state index in [0.29, 0.717) is 12.8 Å². The summed E-state index contributed by atoms with van der Waals surface area (Å²) in [4.78, 5) is 36.1. The van der Waals surface area contributed by atoms with Crippen molar-refractivity contribution >= 4 is 17.8 Å². The molecule has 0 saturated heterocycles. The van der Waals surface area contributed by atoms with Crippen LogP contribution in [0.3, 0.4) is 0 Å². The molecule has 0 unspecified atom stereocenters. The van der Waals surface area contributed by atoms with Crippen LogP contribution in [-0.4, -0.2) is 35.1 Å². The number of carboxylic acids is 1. The number of nitrogens with one attached hydrogen (secondary N) is 1. The number of carboxylic acid groups (broad SMARTS) is 1. The molecule has 0 fully saturated rings. The van der Waals surface area contributed by atoms with Crippen molar-refractivity contribution in [3.63, 3.8) is 0 Å². The van der Waals surface area contributed by atoms with E-state index in [4.69, 9.17) is 9.84 Å². The zero-order valence-electron chi connectivity index (χ0n) is 31.3. The van der Waals surface area contributed by atoms with Gasteiger partial charge in [-0.2, -0.15) is 0 Å². The molecule has 0 rings (SSSR count). The fraction of sp³-hybridized carbons (Fsp3) is 0.878. The summed E-state index contributed by atoms with van der Waals surface area (Å²) in [5, 5.41) is 12.1. The van der Waals surface area contributed by atoms with Gasteiger partial charge >= 0.3 is 11.9 Å². The minimum absolute atomic E-state index is 0.00288. The van der Waals surface area contributed by atoms with Gasteiger partial charge in [0.05, 0.1) is 18.9 Å². The SMILES string of the molecule is CCCCCCCCCCCCC/C=C/[C@@H](OC(=O)CCC(=O)O)[C@H](CC)NC(=O)CCCCCCCCCCCCCCCCC. The lowest BCUT2D eigenvalue weighted by molar-refractivity contribution is -0.151. The third kappa shape index (κ3) is 32.5. The second-order valence-corrected chi connectivity index (χ2v) is 13.9. The lowest BCUT2D eigenvalue weighted by Gasteiger charge is -2.25. The minimum Gasteiger partial charge on any atom is -0.481 e. The Hall–Kier alpha value is -1.85. The number of rotatable bonds is 36. The molecule has 0 aromatic heterocycles. The highest BCUT2D eigenvalue weighted by Crippen LogP contribution is 2.16. The Balaban J connectivity index is 4.30. The highest BCUT2D eigenvalue weighted by Gasteiger charge is 2.23. The maximum atomic E-state index is 12.8. The van der Waals surface area contributed by atoms with Crippen molar-refractivity contribution in [2.75, 3.05) is 0 Å². The lowest BCUT2D eigenvalue weighted by Crippen LogP contribution is -2.44. The Morgan fingerprint density at radius 1 is 0.553 bits per heavy atom. The molecule has 0 aliphatic carbocycles. The summed E-state index contributed by atoms with van der Waals surface area (Å²) >= 11 is 0. The van der Waals surface area contributed by atoms with E-state index in [-0.39, 0.29) is 24.8 Å². The standard InChI is InChI=1S/C41H77NO5/c1-4-7-9-11-13-15-17-19-20-22-24-26-28-30-32-34-39(43)42-37(6-3)38(47-41(46)36-35-40(44)45)33-31-29-27-25-23-21-18-16-14-12-10-8-5-2/h31,33,37-38H,4-30,32,34-36H2,1-3H3,(H,42,43)(H,44,45)/b33-31+/t37-,38+/m0/s1. The van der Waals surface area contributed by atoms with Crippen LogP contribution < -0.4 is 5.32 Å². The normalized spacial score (nSPS) is 12.7. The van der Waals surface area contributed by atoms with Crippen LogP contribution in [0.5, 0.6) is 0 Å². The van der Waals surface area contributed by atoms with Gasteiger partial charge in [0.15, 0.2) is 0 Å². The first kappa shape index (κ1) is 45.2. The number of aliphatic carboxylic acids is 1. The molecule has 0 bridgehead atoms. The van der Waals surface area contributed by atoms with Crippen LogP contribution in [0.25, 0.3) is 0 Å². The van der Waals surface area contributed by atoms with Gasteiger partial charge in [-0.3, -0.25) is 14.4 Å². The van der Waals surface area contributed by atoms with Crippen LogP contribution in [0.2, 0.25) is 0 Å². The van der Waals surface area contributed by atoms with Crippen LogP contribution in [0.1, 0.15) is 220 Å². The first-order valence-corrected chi connectivity index (χ1v) is 20.3. The number of hydrogen-bond donors (Lipinski definition) is 2. The zero-order chi connectivity index (χ0) is 34.6. The third-order valence-electron chi connectivity index (χ3n) is 9.30. The summed E-state index contributed by atoms with van der Waals surface area (Å²) in [6.07, 6.45) is 38.7. The molecule has 0 aliphatic heterocycles. The monoisotopic (exact) mass is 664 g/mol. The van der Waals surface area contributed by atoms with Crippen LogP contribution in [0, 0.1) is 0 Å². The van der Waals surface area contributed by atoms with Gasteiger partial charge in [-0.25, -0.2) is 0 Å². The van der Waals surface area contributed by atoms with E-state index in [1.807, 2.05) is 13.0 Å². The molecule has 47 heavy (non-hydrogen) atoms. The second kappa shape index (κ2) is 35.5. The Labute approximate surface area is 291 Å². The van der Waals surface area contributed by atoms with Crippen LogP contribution >= 0.6 is 0 Å². The van der Waals surface area contributed by atoms with E-state index in [9.17, 15) is 14.4 Å². The van der Waals surface area contributed by atoms with Gasteiger partial charge in [-0.05, 0) is 31.8 Å². The lowest BCUT2D eigenvalue weighted by atomic mass is 10.0. The average Bonchev–Trinajstić information content (AvgIpc) is 3.06. The molecule has 0 saturated carbocycles. The van der Waals surface area contributed by atoms with Gasteiger partial charge in [0.2, 0.25) is 5.91 Å². The Bertz CT molecular complexity index is 752. The van der Waals surface area contributed by atoms with E-state index in [1.165, 1.54) is 148 Å².